The van der Waals surface area contributed by atoms with Gasteiger partial charge in [0.1, 0.15) is 16.4 Å². The number of nitrogens with zero attached hydrogens (tertiary/aromatic N) is 1. The molecule has 2 N–H and O–H groups in total. The van der Waals surface area contributed by atoms with E-state index in [2.05, 4.69) is 14.2 Å². The van der Waals surface area contributed by atoms with Gasteiger partial charge in [0.15, 0.2) is 0 Å². The predicted octanol–water partition coefficient (Wildman–Crippen LogP) is 3.98. The van der Waals surface area contributed by atoms with Crippen LogP contribution in [0.1, 0.15) is 23.5 Å². The van der Waals surface area contributed by atoms with E-state index in [-0.39, 0.29) is 5.97 Å². The fourth-order valence-electron chi connectivity index (χ4n) is 1.97. The zero-order chi connectivity index (χ0) is 17.7. The summed E-state index contributed by atoms with van der Waals surface area (Å²) in [7, 11) is 3.94. The number of fused-ring (bicyclic) bond motifs is 1. The van der Waals surface area contributed by atoms with Crippen LogP contribution in [0.3, 0.4) is 0 Å². The molecule has 2 heterocycles. The van der Waals surface area contributed by atoms with Crippen molar-refractivity contribution < 1.29 is 14.3 Å². The van der Waals surface area contributed by atoms with Gasteiger partial charge in [0, 0.05) is 23.3 Å². The molecule has 126 valence electrons. The molecule has 0 radical (unpaired) electrons. The number of nitrogens with two attached hydrogens (primary N) is 1. The lowest BCUT2D eigenvalue weighted by Crippen LogP contribution is -2.00. The summed E-state index contributed by atoms with van der Waals surface area (Å²) in [6.07, 6.45) is 1.64. The number of hydrogen-bond acceptors (Lipinski definition) is 6. The maximum absolute atomic E-state index is 11.6. The lowest BCUT2D eigenvalue weighted by Gasteiger charge is -2.09. The summed E-state index contributed by atoms with van der Waals surface area (Å²) in [6.45, 7) is 4.00. The van der Waals surface area contributed by atoms with Crippen molar-refractivity contribution in [2.24, 2.45) is 0 Å². The van der Waals surface area contributed by atoms with E-state index in [0.29, 0.717) is 27.6 Å². The number of benzene rings is 1. The standard InChI is InChI=1S/C15H13N2O3PS.C2H6/c1-19-15(18)13-7-9-14(22-13)11(4-5-17-9)20-10-3-2-8(16)6-12(10)21;1-2/h2-7H,16,21H2,1H3;1-2H3. The summed E-state index contributed by atoms with van der Waals surface area (Å²) in [5, 5.41) is 0.856. The van der Waals surface area contributed by atoms with Gasteiger partial charge in [-0.15, -0.1) is 20.6 Å². The summed E-state index contributed by atoms with van der Waals surface area (Å²) in [6, 6.07) is 8.85. The molecule has 7 heteroatoms. The molecule has 0 aliphatic carbocycles. The highest BCUT2D eigenvalue weighted by Crippen LogP contribution is 2.35. The average molecular weight is 362 g/mol. The molecule has 1 unspecified atom stereocenters. The minimum absolute atomic E-state index is 0.381. The number of hydrogen-bond donors (Lipinski definition) is 1. The molecule has 3 rings (SSSR count). The van der Waals surface area contributed by atoms with E-state index in [0.717, 1.165) is 10.0 Å². The first kappa shape index (κ1) is 18.2. The molecule has 3 aromatic rings. The normalized spacial score (nSPS) is 10.0. The second kappa shape index (κ2) is 8.08. The van der Waals surface area contributed by atoms with Crippen molar-refractivity contribution in [1.29, 1.82) is 0 Å². The van der Waals surface area contributed by atoms with Crippen molar-refractivity contribution >= 4 is 47.8 Å². The van der Waals surface area contributed by atoms with Gasteiger partial charge < -0.3 is 15.2 Å². The van der Waals surface area contributed by atoms with Crippen LogP contribution in [0.5, 0.6) is 11.5 Å². The number of nitrogen functional groups attached to an aromatic ring is 1. The second-order valence-corrected chi connectivity index (χ2v) is 6.20. The Morgan fingerprint density at radius 3 is 2.62 bits per heavy atom. The molecule has 0 aliphatic heterocycles. The van der Waals surface area contributed by atoms with Gasteiger partial charge in [-0.25, -0.2) is 4.79 Å². The number of thiophene rings is 1. The highest BCUT2D eigenvalue weighted by molar-refractivity contribution is 7.27. The van der Waals surface area contributed by atoms with Crippen LogP contribution in [-0.4, -0.2) is 18.1 Å². The monoisotopic (exact) mass is 362 g/mol. The Labute approximate surface area is 147 Å². The number of carbonyl (C=O) groups excluding carboxylic acids is 1. The minimum Gasteiger partial charge on any atom is -0.465 e. The first-order valence-corrected chi connectivity index (χ1v) is 8.77. The van der Waals surface area contributed by atoms with Crippen molar-refractivity contribution in [2.45, 2.75) is 13.8 Å². The molecule has 0 fully saturated rings. The van der Waals surface area contributed by atoms with E-state index >= 15 is 0 Å². The zero-order valence-corrected chi connectivity index (χ0v) is 15.7. The van der Waals surface area contributed by atoms with Crippen molar-refractivity contribution in [3.8, 4) is 11.5 Å². The third-order valence-corrected chi connectivity index (χ3v) is 4.59. The Bertz CT molecular complexity index is 864. The molecule has 5 nitrogen and oxygen atoms in total. The number of rotatable bonds is 3. The van der Waals surface area contributed by atoms with Crippen LogP contribution >= 0.6 is 20.6 Å². The first-order valence-electron chi connectivity index (χ1n) is 7.38. The molecule has 0 aliphatic rings. The van der Waals surface area contributed by atoms with Crippen molar-refractivity contribution in [2.75, 3.05) is 12.8 Å². The molecule has 0 saturated heterocycles. The van der Waals surface area contributed by atoms with Crippen LogP contribution < -0.4 is 15.8 Å². The Balaban J connectivity index is 0.00000100. The molecular weight excluding hydrogens is 343 g/mol. The van der Waals surface area contributed by atoms with Gasteiger partial charge >= 0.3 is 5.97 Å². The van der Waals surface area contributed by atoms with Gasteiger partial charge in [-0.3, -0.25) is 4.98 Å². The van der Waals surface area contributed by atoms with Crippen LogP contribution in [0.15, 0.2) is 36.5 Å². The van der Waals surface area contributed by atoms with Gasteiger partial charge in [-0.1, -0.05) is 13.8 Å². The van der Waals surface area contributed by atoms with Gasteiger partial charge in [0.2, 0.25) is 0 Å². The molecule has 0 spiro atoms. The van der Waals surface area contributed by atoms with E-state index < -0.39 is 0 Å². The number of ether oxygens (including phenoxy) is 2. The number of anilines is 1. The van der Waals surface area contributed by atoms with Crippen LogP contribution in [0.25, 0.3) is 10.2 Å². The summed E-state index contributed by atoms with van der Waals surface area (Å²) < 4.78 is 11.5. The quantitative estimate of drug-likeness (QED) is 0.433. The number of methoxy groups -OCH3 is 1. The topological polar surface area (TPSA) is 74.4 Å². The maximum Gasteiger partial charge on any atom is 0.348 e. The molecular formula is C17H19N2O3PS. The highest BCUT2D eigenvalue weighted by atomic mass is 32.1. The average Bonchev–Trinajstić information content (AvgIpc) is 3.03. The SMILES string of the molecule is CC.COC(=O)c1cc2nccc(Oc3ccc(N)cc3P)c2s1. The predicted molar refractivity (Wildman–Crippen MR) is 103 cm³/mol. The third-order valence-electron chi connectivity index (χ3n) is 3.02. The van der Waals surface area contributed by atoms with Gasteiger partial charge in [0.25, 0.3) is 0 Å². The summed E-state index contributed by atoms with van der Waals surface area (Å²) in [5.41, 5.74) is 7.10. The minimum atomic E-state index is -0.381. The fraction of sp³-hybridized carbons (Fsp3) is 0.176. The summed E-state index contributed by atoms with van der Waals surface area (Å²) >= 11 is 1.29. The number of aromatic nitrogens is 1. The van der Waals surface area contributed by atoms with Crippen molar-refractivity contribution in [1.82, 2.24) is 4.98 Å². The second-order valence-electron chi connectivity index (χ2n) is 4.53. The van der Waals surface area contributed by atoms with Crippen molar-refractivity contribution in [3.05, 3.63) is 41.4 Å². The smallest absolute Gasteiger partial charge is 0.348 e. The third kappa shape index (κ3) is 3.83. The molecule has 2 aromatic heterocycles. The van der Waals surface area contributed by atoms with Crippen molar-refractivity contribution in [3.63, 3.8) is 0 Å². The zero-order valence-electron chi connectivity index (χ0n) is 13.7. The molecule has 1 atom stereocenters. The van der Waals surface area contributed by atoms with E-state index in [4.69, 9.17) is 15.2 Å². The maximum atomic E-state index is 11.6. The van der Waals surface area contributed by atoms with E-state index in [9.17, 15) is 4.79 Å². The largest absolute Gasteiger partial charge is 0.465 e. The molecule has 24 heavy (non-hydrogen) atoms. The van der Waals surface area contributed by atoms with Gasteiger partial charge in [-0.2, -0.15) is 0 Å². The summed E-state index contributed by atoms with van der Waals surface area (Å²) in [5.74, 6) is 0.937. The Hall–Kier alpha value is -2.17. The van der Waals surface area contributed by atoms with Crippen LogP contribution in [0.4, 0.5) is 5.69 Å². The number of pyridine rings is 1. The Morgan fingerprint density at radius 2 is 1.96 bits per heavy atom. The van der Waals surface area contributed by atoms with Gasteiger partial charge in [-0.05, 0) is 24.3 Å². The Kier molecular flexibility index (Phi) is 6.12. The van der Waals surface area contributed by atoms with Crippen LogP contribution in [0, 0.1) is 0 Å². The van der Waals surface area contributed by atoms with Gasteiger partial charge in [0.05, 0.1) is 17.3 Å². The number of carbonyl (C=O) groups is 1. The lowest BCUT2D eigenvalue weighted by atomic mass is 10.3. The first-order chi connectivity index (χ1) is 11.6. The van der Waals surface area contributed by atoms with E-state index in [1.54, 1.807) is 30.5 Å². The molecule has 0 bridgehead atoms. The fourth-order valence-corrected chi connectivity index (χ4v) is 3.31. The molecule has 0 amide bonds. The van der Waals surface area contributed by atoms with Crippen LogP contribution in [-0.2, 0) is 4.74 Å². The van der Waals surface area contributed by atoms with Crippen LogP contribution in [0.2, 0.25) is 0 Å². The van der Waals surface area contributed by atoms with E-state index in [1.807, 2.05) is 19.9 Å². The summed E-state index contributed by atoms with van der Waals surface area (Å²) in [4.78, 5) is 16.4. The molecule has 1 aromatic carbocycles. The lowest BCUT2D eigenvalue weighted by molar-refractivity contribution is 0.0606. The molecule has 0 saturated carbocycles. The van der Waals surface area contributed by atoms with E-state index in [1.165, 1.54) is 18.4 Å². The number of esters is 1. The highest BCUT2D eigenvalue weighted by Gasteiger charge is 2.15. The Morgan fingerprint density at radius 1 is 1.21 bits per heavy atom.